The zero-order valence-electron chi connectivity index (χ0n) is 15.3. The van der Waals surface area contributed by atoms with Crippen molar-refractivity contribution >= 4 is 40.6 Å². The summed E-state index contributed by atoms with van der Waals surface area (Å²) in [5.41, 5.74) is 0.878. The molecule has 1 aromatic carbocycles. The van der Waals surface area contributed by atoms with Crippen molar-refractivity contribution in [1.29, 1.82) is 0 Å². The van der Waals surface area contributed by atoms with E-state index in [2.05, 4.69) is 33.0 Å². The largest absolute Gasteiger partial charge is 0.347 e. The fraction of sp³-hybridized carbons (Fsp3) is 0.350. The van der Waals surface area contributed by atoms with Gasteiger partial charge in [-0.2, -0.15) is 0 Å². The fourth-order valence-corrected chi connectivity index (χ4v) is 5.45. The predicted molar refractivity (Wildman–Crippen MR) is 114 cm³/mol. The van der Waals surface area contributed by atoms with Gasteiger partial charge in [0.15, 0.2) is 5.16 Å². The molecule has 4 rings (SSSR count). The molecule has 0 saturated heterocycles. The van der Waals surface area contributed by atoms with Crippen molar-refractivity contribution < 1.29 is 4.79 Å². The molecule has 1 N–H and O–H groups in total. The molecule has 1 atom stereocenters. The number of thiophene rings is 1. The highest BCUT2D eigenvalue weighted by Crippen LogP contribution is 2.37. The topological polar surface area (TPSA) is 59.8 Å². The van der Waals surface area contributed by atoms with Gasteiger partial charge in [-0.25, -0.2) is 0 Å². The Morgan fingerprint density at radius 2 is 2.18 bits per heavy atom. The minimum Gasteiger partial charge on any atom is -0.347 e. The predicted octanol–water partition coefficient (Wildman–Crippen LogP) is 5.12. The molecule has 146 valence electrons. The maximum atomic E-state index is 12.7. The van der Waals surface area contributed by atoms with Gasteiger partial charge in [-0.1, -0.05) is 48.3 Å². The third kappa shape index (κ3) is 4.59. The molecule has 2 aromatic heterocycles. The van der Waals surface area contributed by atoms with E-state index in [9.17, 15) is 4.79 Å². The summed E-state index contributed by atoms with van der Waals surface area (Å²) in [4.78, 5) is 13.9. The first-order valence-corrected chi connectivity index (χ1v) is 11.6. The molecule has 0 spiro atoms. The molecule has 0 bridgehead atoms. The number of carbonyl (C=O) groups excluding carboxylic acids is 1. The van der Waals surface area contributed by atoms with Crippen molar-refractivity contribution in [1.82, 2.24) is 20.1 Å². The van der Waals surface area contributed by atoms with Crippen LogP contribution in [0.25, 0.3) is 5.69 Å². The normalized spacial score (nSPS) is 15.6. The number of amides is 1. The van der Waals surface area contributed by atoms with Gasteiger partial charge in [0, 0.05) is 9.90 Å². The Morgan fingerprint density at radius 1 is 1.32 bits per heavy atom. The number of halogens is 1. The second-order valence-corrected chi connectivity index (χ2v) is 9.22. The molecule has 1 aliphatic rings. The number of hydrogen-bond acceptors (Lipinski definition) is 5. The molecular weight excluding hydrogens is 412 g/mol. The molecule has 8 heteroatoms. The van der Waals surface area contributed by atoms with E-state index in [0.29, 0.717) is 21.8 Å². The van der Waals surface area contributed by atoms with Crippen LogP contribution >= 0.6 is 34.7 Å². The van der Waals surface area contributed by atoms with Crippen LogP contribution in [0.15, 0.2) is 53.3 Å². The van der Waals surface area contributed by atoms with E-state index in [-0.39, 0.29) is 11.9 Å². The van der Waals surface area contributed by atoms with Gasteiger partial charge in [0.05, 0.1) is 17.5 Å². The van der Waals surface area contributed by atoms with Gasteiger partial charge in [-0.15, -0.1) is 21.5 Å². The van der Waals surface area contributed by atoms with Gasteiger partial charge >= 0.3 is 0 Å². The first-order valence-electron chi connectivity index (χ1n) is 9.32. The number of nitrogens with zero attached hydrogens (tertiary/aromatic N) is 3. The lowest BCUT2D eigenvalue weighted by Gasteiger charge is -2.23. The van der Waals surface area contributed by atoms with E-state index in [1.165, 1.54) is 42.3 Å². The van der Waals surface area contributed by atoms with Crippen LogP contribution in [0.1, 0.15) is 36.6 Å². The van der Waals surface area contributed by atoms with Crippen LogP contribution in [0.5, 0.6) is 0 Å². The zero-order chi connectivity index (χ0) is 19.3. The molecule has 1 fully saturated rings. The summed E-state index contributed by atoms with van der Waals surface area (Å²) in [6.45, 7) is 0. The van der Waals surface area contributed by atoms with Crippen LogP contribution in [-0.2, 0) is 4.79 Å². The van der Waals surface area contributed by atoms with Crippen molar-refractivity contribution in [2.24, 2.45) is 5.92 Å². The average Bonchev–Trinajstić information content (AvgIpc) is 3.47. The highest BCUT2D eigenvalue weighted by molar-refractivity contribution is 7.99. The van der Waals surface area contributed by atoms with Gasteiger partial charge in [-0.05, 0) is 48.4 Å². The lowest BCUT2D eigenvalue weighted by molar-refractivity contribution is -0.119. The van der Waals surface area contributed by atoms with Gasteiger partial charge in [-0.3, -0.25) is 9.36 Å². The molecule has 3 aromatic rings. The summed E-state index contributed by atoms with van der Waals surface area (Å²) < 4.78 is 1.84. The highest BCUT2D eigenvalue weighted by atomic mass is 35.5. The summed E-state index contributed by atoms with van der Waals surface area (Å²) in [7, 11) is 0. The SMILES string of the molecule is O=C(CSc1nncn1-c1cccc(Cl)c1)NC(c1cccs1)C1CCCC1. The van der Waals surface area contributed by atoms with E-state index >= 15 is 0 Å². The Balaban J connectivity index is 1.41. The molecule has 1 unspecified atom stereocenters. The van der Waals surface area contributed by atoms with Crippen LogP contribution in [0.2, 0.25) is 5.02 Å². The van der Waals surface area contributed by atoms with Crippen molar-refractivity contribution in [3.8, 4) is 5.69 Å². The van der Waals surface area contributed by atoms with Crippen LogP contribution in [0.4, 0.5) is 0 Å². The van der Waals surface area contributed by atoms with Crippen LogP contribution in [-0.4, -0.2) is 26.4 Å². The number of nitrogens with one attached hydrogen (secondary N) is 1. The summed E-state index contributed by atoms with van der Waals surface area (Å²) in [5, 5.41) is 14.8. The van der Waals surface area contributed by atoms with Gasteiger partial charge in [0.1, 0.15) is 6.33 Å². The number of thioether (sulfide) groups is 1. The van der Waals surface area contributed by atoms with Crippen molar-refractivity contribution in [3.63, 3.8) is 0 Å². The fourth-order valence-electron chi connectivity index (χ4n) is 3.65. The Hall–Kier alpha value is -1.83. The van der Waals surface area contributed by atoms with E-state index in [1.54, 1.807) is 17.7 Å². The van der Waals surface area contributed by atoms with E-state index in [4.69, 9.17) is 11.6 Å². The minimum atomic E-state index is 0.0240. The van der Waals surface area contributed by atoms with E-state index in [0.717, 1.165) is 5.69 Å². The molecule has 28 heavy (non-hydrogen) atoms. The zero-order valence-corrected chi connectivity index (χ0v) is 17.6. The summed E-state index contributed by atoms with van der Waals surface area (Å²) >= 11 is 9.18. The Labute approximate surface area is 177 Å². The second-order valence-electron chi connectivity index (χ2n) is 6.86. The molecule has 5 nitrogen and oxygen atoms in total. The van der Waals surface area contributed by atoms with Crippen LogP contribution < -0.4 is 5.32 Å². The number of hydrogen-bond donors (Lipinski definition) is 1. The smallest absolute Gasteiger partial charge is 0.230 e. The molecule has 1 saturated carbocycles. The van der Waals surface area contributed by atoms with Crippen LogP contribution in [0, 0.1) is 5.92 Å². The molecular formula is C20H21ClN4OS2. The highest BCUT2D eigenvalue weighted by Gasteiger charge is 2.28. The van der Waals surface area contributed by atoms with Gasteiger partial charge in [0.25, 0.3) is 0 Å². The third-order valence-electron chi connectivity index (χ3n) is 4.97. The quantitative estimate of drug-likeness (QED) is 0.526. The molecule has 0 radical (unpaired) electrons. The number of carbonyl (C=O) groups is 1. The number of aromatic nitrogens is 3. The lowest BCUT2D eigenvalue weighted by atomic mass is 9.97. The second kappa shape index (κ2) is 9.11. The van der Waals surface area contributed by atoms with Crippen molar-refractivity contribution in [3.05, 3.63) is 58.0 Å². The minimum absolute atomic E-state index is 0.0240. The lowest BCUT2D eigenvalue weighted by Crippen LogP contribution is -2.33. The third-order valence-corrected chi connectivity index (χ3v) is 7.11. The van der Waals surface area contributed by atoms with Gasteiger partial charge < -0.3 is 5.32 Å². The van der Waals surface area contributed by atoms with Crippen molar-refractivity contribution in [2.45, 2.75) is 36.9 Å². The molecule has 0 aliphatic heterocycles. The Kier molecular flexibility index (Phi) is 6.34. The maximum Gasteiger partial charge on any atom is 0.230 e. The van der Waals surface area contributed by atoms with Gasteiger partial charge in [0.2, 0.25) is 5.91 Å². The summed E-state index contributed by atoms with van der Waals surface area (Å²) in [6.07, 6.45) is 6.50. The first-order chi connectivity index (χ1) is 13.7. The van der Waals surface area contributed by atoms with E-state index in [1.807, 2.05) is 28.8 Å². The summed E-state index contributed by atoms with van der Waals surface area (Å²) in [6, 6.07) is 11.8. The van der Waals surface area contributed by atoms with E-state index < -0.39 is 0 Å². The number of rotatable bonds is 7. The molecule has 1 amide bonds. The standard InChI is InChI=1S/C20H21ClN4OS2/c21-15-7-3-8-16(11-15)25-13-22-24-20(25)28-12-18(26)23-19(14-5-1-2-6-14)17-9-4-10-27-17/h3-4,7-11,13-14,19H,1-2,5-6,12H2,(H,23,26). The van der Waals surface area contributed by atoms with Crippen LogP contribution in [0.3, 0.4) is 0 Å². The first kappa shape index (κ1) is 19.5. The molecule has 2 heterocycles. The van der Waals surface area contributed by atoms with Crippen molar-refractivity contribution in [2.75, 3.05) is 5.75 Å². The number of benzene rings is 1. The monoisotopic (exact) mass is 432 g/mol. The summed E-state index contributed by atoms with van der Waals surface area (Å²) in [5.74, 6) is 0.854. The Morgan fingerprint density at radius 3 is 2.93 bits per heavy atom. The average molecular weight is 433 g/mol. The maximum absolute atomic E-state index is 12.7. The molecule has 1 aliphatic carbocycles. The Bertz CT molecular complexity index is 922.